The van der Waals surface area contributed by atoms with Crippen molar-refractivity contribution in [2.75, 3.05) is 32.1 Å². The number of rotatable bonds is 6. The Hall–Kier alpha value is -1.59. The van der Waals surface area contributed by atoms with E-state index in [1.807, 2.05) is 18.2 Å². The van der Waals surface area contributed by atoms with E-state index in [4.69, 9.17) is 9.47 Å². The number of fused-ring (bicyclic) bond motifs is 1. The standard InChI is InChI=1S/C14H20N2O3/c1-10-14(17)16-12-9-11(3-4-13(12)19-10)5-6-15-7-8-18-2/h3-4,9-10,15H,5-8H2,1-2H3,(H,16,17). The summed E-state index contributed by atoms with van der Waals surface area (Å²) in [6, 6.07) is 5.91. The van der Waals surface area contributed by atoms with Crippen molar-refractivity contribution in [3.63, 3.8) is 0 Å². The lowest BCUT2D eigenvalue weighted by atomic mass is 10.1. The molecule has 0 radical (unpaired) electrons. The molecule has 1 aromatic carbocycles. The molecule has 2 N–H and O–H groups in total. The second kappa shape index (κ2) is 6.54. The Balaban J connectivity index is 1.90. The number of anilines is 1. The van der Waals surface area contributed by atoms with Crippen LogP contribution in [0.4, 0.5) is 5.69 Å². The number of hydrogen-bond acceptors (Lipinski definition) is 4. The number of ether oxygens (including phenoxy) is 2. The molecule has 0 aromatic heterocycles. The monoisotopic (exact) mass is 264 g/mol. The predicted octanol–water partition coefficient (Wildman–Crippen LogP) is 1.18. The van der Waals surface area contributed by atoms with Crippen molar-refractivity contribution in [1.29, 1.82) is 0 Å². The summed E-state index contributed by atoms with van der Waals surface area (Å²) in [7, 11) is 1.69. The lowest BCUT2D eigenvalue weighted by molar-refractivity contribution is -0.122. The van der Waals surface area contributed by atoms with Crippen LogP contribution in [0, 0.1) is 0 Å². The van der Waals surface area contributed by atoms with Gasteiger partial charge in [0.1, 0.15) is 5.75 Å². The summed E-state index contributed by atoms with van der Waals surface area (Å²) in [5.41, 5.74) is 1.93. The Bertz CT molecular complexity index is 448. The SMILES string of the molecule is COCCNCCc1ccc2c(c1)NC(=O)C(C)O2. The van der Waals surface area contributed by atoms with E-state index in [1.54, 1.807) is 14.0 Å². The molecule has 104 valence electrons. The van der Waals surface area contributed by atoms with Gasteiger partial charge in [-0.2, -0.15) is 0 Å². The van der Waals surface area contributed by atoms with Crippen molar-refractivity contribution in [2.45, 2.75) is 19.4 Å². The highest BCUT2D eigenvalue weighted by molar-refractivity contribution is 5.97. The van der Waals surface area contributed by atoms with Gasteiger partial charge in [-0.25, -0.2) is 0 Å². The van der Waals surface area contributed by atoms with Crippen LogP contribution in [0.1, 0.15) is 12.5 Å². The maximum absolute atomic E-state index is 11.5. The number of carbonyl (C=O) groups is 1. The predicted molar refractivity (Wildman–Crippen MR) is 73.6 cm³/mol. The molecule has 5 heteroatoms. The van der Waals surface area contributed by atoms with Crippen LogP contribution in [-0.2, 0) is 16.0 Å². The van der Waals surface area contributed by atoms with Crippen LogP contribution in [0.3, 0.4) is 0 Å². The van der Waals surface area contributed by atoms with Crippen LogP contribution in [-0.4, -0.2) is 38.8 Å². The van der Waals surface area contributed by atoms with Gasteiger partial charge in [0.15, 0.2) is 6.10 Å². The lowest BCUT2D eigenvalue weighted by Crippen LogP contribution is -2.34. The molecular formula is C14H20N2O3. The Morgan fingerprint density at radius 1 is 1.42 bits per heavy atom. The van der Waals surface area contributed by atoms with Gasteiger partial charge in [0.25, 0.3) is 5.91 Å². The number of methoxy groups -OCH3 is 1. The molecule has 1 aromatic rings. The van der Waals surface area contributed by atoms with Crippen LogP contribution in [0.2, 0.25) is 0 Å². The number of amides is 1. The molecule has 0 bridgehead atoms. The molecule has 1 aliphatic heterocycles. The summed E-state index contributed by atoms with van der Waals surface area (Å²) in [5, 5.41) is 6.14. The highest BCUT2D eigenvalue weighted by atomic mass is 16.5. The van der Waals surface area contributed by atoms with Crippen molar-refractivity contribution in [1.82, 2.24) is 5.32 Å². The number of benzene rings is 1. The fourth-order valence-electron chi connectivity index (χ4n) is 1.94. The number of nitrogens with one attached hydrogen (secondary N) is 2. The first-order valence-electron chi connectivity index (χ1n) is 6.51. The zero-order valence-corrected chi connectivity index (χ0v) is 11.4. The molecule has 1 aliphatic rings. The van der Waals surface area contributed by atoms with Crippen LogP contribution in [0.25, 0.3) is 0 Å². The first kappa shape index (κ1) is 13.8. The molecule has 5 nitrogen and oxygen atoms in total. The van der Waals surface area contributed by atoms with Gasteiger partial charge in [-0.05, 0) is 37.6 Å². The van der Waals surface area contributed by atoms with Gasteiger partial charge in [0.05, 0.1) is 12.3 Å². The summed E-state index contributed by atoms with van der Waals surface area (Å²) in [6.45, 7) is 4.18. The maximum Gasteiger partial charge on any atom is 0.265 e. The summed E-state index contributed by atoms with van der Waals surface area (Å²) in [4.78, 5) is 11.5. The van der Waals surface area contributed by atoms with Gasteiger partial charge in [-0.1, -0.05) is 6.07 Å². The summed E-state index contributed by atoms with van der Waals surface area (Å²) >= 11 is 0. The second-order valence-corrected chi connectivity index (χ2v) is 4.57. The van der Waals surface area contributed by atoms with Gasteiger partial charge >= 0.3 is 0 Å². The lowest BCUT2D eigenvalue weighted by Gasteiger charge is -2.23. The number of hydrogen-bond donors (Lipinski definition) is 2. The first-order chi connectivity index (χ1) is 9.20. The molecule has 1 unspecified atom stereocenters. The maximum atomic E-state index is 11.5. The number of carbonyl (C=O) groups excluding carboxylic acids is 1. The molecule has 0 spiro atoms. The third-order valence-electron chi connectivity index (χ3n) is 3.05. The van der Waals surface area contributed by atoms with Crippen LogP contribution >= 0.6 is 0 Å². The van der Waals surface area contributed by atoms with Crippen molar-refractivity contribution < 1.29 is 14.3 Å². The van der Waals surface area contributed by atoms with E-state index in [9.17, 15) is 4.79 Å². The van der Waals surface area contributed by atoms with Gasteiger partial charge in [0.2, 0.25) is 0 Å². The third-order valence-corrected chi connectivity index (χ3v) is 3.05. The minimum Gasteiger partial charge on any atom is -0.479 e. The average molecular weight is 264 g/mol. The molecule has 1 amide bonds. The van der Waals surface area contributed by atoms with Gasteiger partial charge in [0, 0.05) is 13.7 Å². The largest absolute Gasteiger partial charge is 0.479 e. The first-order valence-corrected chi connectivity index (χ1v) is 6.51. The van der Waals surface area contributed by atoms with Crippen LogP contribution in [0.15, 0.2) is 18.2 Å². The highest BCUT2D eigenvalue weighted by Gasteiger charge is 2.23. The Labute approximate surface area is 113 Å². The Kier molecular flexibility index (Phi) is 4.76. The van der Waals surface area contributed by atoms with Gasteiger partial charge in [-0.3, -0.25) is 4.79 Å². The minimum absolute atomic E-state index is 0.0946. The zero-order chi connectivity index (χ0) is 13.7. The van der Waals surface area contributed by atoms with E-state index >= 15 is 0 Å². The quantitative estimate of drug-likeness (QED) is 0.758. The normalized spacial score (nSPS) is 17.6. The van der Waals surface area contributed by atoms with E-state index < -0.39 is 6.10 Å². The second-order valence-electron chi connectivity index (χ2n) is 4.57. The smallest absolute Gasteiger partial charge is 0.265 e. The molecule has 1 atom stereocenters. The van der Waals surface area contributed by atoms with Crippen molar-refractivity contribution in [3.05, 3.63) is 23.8 Å². The Morgan fingerprint density at radius 3 is 3.05 bits per heavy atom. The summed E-state index contributed by atoms with van der Waals surface area (Å²) in [5.74, 6) is 0.645. The average Bonchev–Trinajstić information content (AvgIpc) is 2.40. The molecule has 0 saturated heterocycles. The molecule has 0 fully saturated rings. The van der Waals surface area contributed by atoms with E-state index in [0.29, 0.717) is 6.61 Å². The van der Waals surface area contributed by atoms with Crippen molar-refractivity contribution in [2.24, 2.45) is 0 Å². The minimum atomic E-state index is -0.422. The van der Waals surface area contributed by atoms with E-state index in [2.05, 4.69) is 10.6 Å². The van der Waals surface area contributed by atoms with E-state index in [1.165, 1.54) is 5.56 Å². The molecular weight excluding hydrogens is 244 g/mol. The molecule has 0 aliphatic carbocycles. The fraction of sp³-hybridized carbons (Fsp3) is 0.500. The van der Waals surface area contributed by atoms with Crippen molar-refractivity contribution in [3.8, 4) is 5.75 Å². The fourth-order valence-corrected chi connectivity index (χ4v) is 1.94. The Morgan fingerprint density at radius 2 is 2.26 bits per heavy atom. The molecule has 2 rings (SSSR count). The zero-order valence-electron chi connectivity index (χ0n) is 11.4. The third kappa shape index (κ3) is 3.68. The van der Waals surface area contributed by atoms with E-state index in [0.717, 1.165) is 30.9 Å². The van der Waals surface area contributed by atoms with Gasteiger partial charge < -0.3 is 20.1 Å². The topological polar surface area (TPSA) is 59.6 Å². The molecule has 19 heavy (non-hydrogen) atoms. The van der Waals surface area contributed by atoms with Gasteiger partial charge in [-0.15, -0.1) is 0 Å². The van der Waals surface area contributed by atoms with Crippen molar-refractivity contribution >= 4 is 11.6 Å². The summed E-state index contributed by atoms with van der Waals surface area (Å²) in [6.07, 6.45) is 0.483. The van der Waals surface area contributed by atoms with Crippen LogP contribution < -0.4 is 15.4 Å². The summed E-state index contributed by atoms with van der Waals surface area (Å²) < 4.78 is 10.5. The highest BCUT2D eigenvalue weighted by Crippen LogP contribution is 2.30. The van der Waals surface area contributed by atoms with E-state index in [-0.39, 0.29) is 5.91 Å². The molecule has 0 saturated carbocycles. The van der Waals surface area contributed by atoms with Crippen LogP contribution in [0.5, 0.6) is 5.75 Å². The molecule has 1 heterocycles.